The highest BCUT2D eigenvalue weighted by Crippen LogP contribution is 2.41. The van der Waals surface area contributed by atoms with Gasteiger partial charge in [-0.3, -0.25) is 4.99 Å². The van der Waals surface area contributed by atoms with Gasteiger partial charge in [0.05, 0.1) is 5.69 Å². The molecule has 0 radical (unpaired) electrons. The predicted molar refractivity (Wildman–Crippen MR) is 110 cm³/mol. The van der Waals surface area contributed by atoms with Gasteiger partial charge >= 0.3 is 0 Å². The van der Waals surface area contributed by atoms with E-state index in [1.807, 2.05) is 13.8 Å². The molecule has 1 heterocycles. The average Bonchev–Trinajstić information content (AvgIpc) is 3.14. The number of hydrogen-bond donors (Lipinski definition) is 2. The lowest BCUT2D eigenvalue weighted by molar-refractivity contribution is 0.297. The molecule has 0 saturated heterocycles. The number of aliphatic imine (C=N–C) groups is 1. The molecule has 138 valence electrons. The zero-order chi connectivity index (χ0) is 16.7. The summed E-state index contributed by atoms with van der Waals surface area (Å²) in [4.78, 5) is 4.86. The summed E-state index contributed by atoms with van der Waals surface area (Å²) in [7, 11) is 0. The number of rotatable bonds is 7. The molecule has 1 saturated carbocycles. The largest absolute Gasteiger partial charge is 0.361 e. The second-order valence-corrected chi connectivity index (χ2v) is 6.74. The standard InChI is InChI=1S/C18H32N4O.HI/c1-5-18(10-7-8-11-18)13-21-17(19-6-2)20-12-9-16-14(3)22-23-15(16)4;/h5-13H2,1-4H3,(H2,19,20,21);1H. The van der Waals surface area contributed by atoms with E-state index in [0.29, 0.717) is 5.41 Å². The number of hydrogen-bond acceptors (Lipinski definition) is 3. The lowest BCUT2D eigenvalue weighted by atomic mass is 9.84. The Morgan fingerprint density at radius 3 is 2.46 bits per heavy atom. The van der Waals surface area contributed by atoms with Crippen LogP contribution in [0.1, 0.15) is 63.0 Å². The third-order valence-electron chi connectivity index (χ3n) is 5.18. The van der Waals surface area contributed by atoms with Crippen molar-refractivity contribution in [3.8, 4) is 0 Å². The first kappa shape index (κ1) is 21.3. The van der Waals surface area contributed by atoms with Crippen LogP contribution >= 0.6 is 24.0 Å². The molecular weight excluding hydrogens is 415 g/mol. The second-order valence-electron chi connectivity index (χ2n) is 6.74. The van der Waals surface area contributed by atoms with Crippen LogP contribution < -0.4 is 10.6 Å². The summed E-state index contributed by atoms with van der Waals surface area (Å²) in [6.45, 7) is 11.0. The van der Waals surface area contributed by atoms with Crippen molar-refractivity contribution in [2.45, 2.75) is 66.2 Å². The average molecular weight is 448 g/mol. The predicted octanol–water partition coefficient (Wildman–Crippen LogP) is 3.98. The van der Waals surface area contributed by atoms with Crippen LogP contribution in [0.4, 0.5) is 0 Å². The Bertz CT molecular complexity index is 502. The van der Waals surface area contributed by atoms with Crippen molar-refractivity contribution in [2.75, 3.05) is 19.6 Å². The fraction of sp³-hybridized carbons (Fsp3) is 0.778. The van der Waals surface area contributed by atoms with Gasteiger partial charge in [0.25, 0.3) is 0 Å². The molecule has 5 nitrogen and oxygen atoms in total. The molecule has 0 atom stereocenters. The molecule has 6 heteroatoms. The van der Waals surface area contributed by atoms with Crippen LogP contribution in [0.5, 0.6) is 0 Å². The van der Waals surface area contributed by atoms with Gasteiger partial charge in [-0.1, -0.05) is 24.9 Å². The highest BCUT2D eigenvalue weighted by Gasteiger charge is 2.31. The van der Waals surface area contributed by atoms with Gasteiger partial charge in [0.2, 0.25) is 0 Å². The monoisotopic (exact) mass is 448 g/mol. The molecule has 0 bridgehead atoms. The summed E-state index contributed by atoms with van der Waals surface area (Å²) in [5.74, 6) is 1.85. The molecule has 0 amide bonds. The molecule has 2 N–H and O–H groups in total. The molecule has 2 rings (SSSR count). The van der Waals surface area contributed by atoms with Crippen molar-refractivity contribution < 1.29 is 4.52 Å². The summed E-state index contributed by atoms with van der Waals surface area (Å²) in [6.07, 6.45) is 7.51. The summed E-state index contributed by atoms with van der Waals surface area (Å²) in [5.41, 5.74) is 2.63. The first-order chi connectivity index (χ1) is 11.1. The lowest BCUT2D eigenvalue weighted by Crippen LogP contribution is -2.39. The van der Waals surface area contributed by atoms with Crippen molar-refractivity contribution in [2.24, 2.45) is 10.4 Å². The van der Waals surface area contributed by atoms with Gasteiger partial charge in [0.1, 0.15) is 5.76 Å². The van der Waals surface area contributed by atoms with Gasteiger partial charge in [-0.25, -0.2) is 0 Å². The van der Waals surface area contributed by atoms with Crippen molar-refractivity contribution in [1.29, 1.82) is 0 Å². The van der Waals surface area contributed by atoms with Crippen LogP contribution in [0, 0.1) is 19.3 Å². The van der Waals surface area contributed by atoms with E-state index in [1.54, 1.807) is 0 Å². The first-order valence-electron chi connectivity index (χ1n) is 9.04. The Morgan fingerprint density at radius 2 is 1.92 bits per heavy atom. The van der Waals surface area contributed by atoms with E-state index in [9.17, 15) is 0 Å². The summed E-state index contributed by atoms with van der Waals surface area (Å²) < 4.78 is 5.22. The van der Waals surface area contributed by atoms with E-state index in [-0.39, 0.29) is 24.0 Å². The van der Waals surface area contributed by atoms with E-state index in [4.69, 9.17) is 9.52 Å². The number of guanidine groups is 1. The van der Waals surface area contributed by atoms with Crippen molar-refractivity contribution in [1.82, 2.24) is 15.8 Å². The highest BCUT2D eigenvalue weighted by molar-refractivity contribution is 14.0. The molecule has 1 aromatic heterocycles. The van der Waals surface area contributed by atoms with Gasteiger partial charge in [-0.05, 0) is 51.9 Å². The fourth-order valence-corrected chi connectivity index (χ4v) is 3.50. The third kappa shape index (κ3) is 5.63. The van der Waals surface area contributed by atoms with Crippen LogP contribution in [0.2, 0.25) is 0 Å². The number of aryl methyl sites for hydroxylation is 2. The first-order valence-corrected chi connectivity index (χ1v) is 9.04. The summed E-state index contributed by atoms with van der Waals surface area (Å²) in [5, 5.41) is 10.8. The number of halogens is 1. The van der Waals surface area contributed by atoms with Crippen molar-refractivity contribution >= 4 is 29.9 Å². The van der Waals surface area contributed by atoms with Crippen LogP contribution in [-0.2, 0) is 6.42 Å². The topological polar surface area (TPSA) is 62.5 Å². The van der Waals surface area contributed by atoms with Crippen LogP contribution in [0.3, 0.4) is 0 Å². The maximum absolute atomic E-state index is 5.22. The molecule has 0 unspecified atom stereocenters. The summed E-state index contributed by atoms with van der Waals surface area (Å²) in [6, 6.07) is 0. The highest BCUT2D eigenvalue weighted by atomic mass is 127. The van der Waals surface area contributed by atoms with E-state index in [2.05, 4.69) is 29.6 Å². The summed E-state index contributed by atoms with van der Waals surface area (Å²) >= 11 is 0. The van der Waals surface area contributed by atoms with E-state index in [1.165, 1.54) is 37.7 Å². The molecule has 1 fully saturated rings. The SMILES string of the molecule is CCNC(=NCC1(CC)CCCC1)NCCc1c(C)noc1C.I. The van der Waals surface area contributed by atoms with E-state index >= 15 is 0 Å². The van der Waals surface area contributed by atoms with Gasteiger partial charge in [-0.2, -0.15) is 0 Å². The Labute approximate surface area is 163 Å². The zero-order valence-corrected chi connectivity index (χ0v) is 17.9. The third-order valence-corrected chi connectivity index (χ3v) is 5.18. The normalized spacial score (nSPS) is 16.8. The minimum atomic E-state index is 0. The molecule has 0 aromatic carbocycles. The minimum absolute atomic E-state index is 0. The minimum Gasteiger partial charge on any atom is -0.361 e. The quantitative estimate of drug-likeness (QED) is 0.377. The molecule has 1 aliphatic carbocycles. The van der Waals surface area contributed by atoms with Gasteiger partial charge in [0.15, 0.2) is 5.96 Å². The van der Waals surface area contributed by atoms with Crippen LogP contribution in [0.25, 0.3) is 0 Å². The van der Waals surface area contributed by atoms with Gasteiger partial charge in [-0.15, -0.1) is 24.0 Å². The molecule has 1 aromatic rings. The second kappa shape index (κ2) is 10.3. The Kier molecular flexibility index (Phi) is 9.08. The van der Waals surface area contributed by atoms with E-state index < -0.39 is 0 Å². The van der Waals surface area contributed by atoms with Gasteiger partial charge < -0.3 is 15.2 Å². The van der Waals surface area contributed by atoms with Crippen LogP contribution in [-0.4, -0.2) is 30.8 Å². The molecule has 0 spiro atoms. The van der Waals surface area contributed by atoms with E-state index in [0.717, 1.165) is 43.5 Å². The zero-order valence-electron chi connectivity index (χ0n) is 15.6. The molecule has 24 heavy (non-hydrogen) atoms. The Balaban J connectivity index is 0.00000288. The van der Waals surface area contributed by atoms with Crippen molar-refractivity contribution in [3.63, 3.8) is 0 Å². The Morgan fingerprint density at radius 1 is 1.21 bits per heavy atom. The number of nitrogens with zero attached hydrogens (tertiary/aromatic N) is 2. The van der Waals surface area contributed by atoms with Gasteiger partial charge in [0, 0.05) is 25.2 Å². The smallest absolute Gasteiger partial charge is 0.191 e. The molecule has 0 aliphatic heterocycles. The molecular formula is C18H33IN4O. The molecule has 1 aliphatic rings. The maximum Gasteiger partial charge on any atom is 0.191 e. The maximum atomic E-state index is 5.22. The lowest BCUT2D eigenvalue weighted by Gasteiger charge is -2.25. The fourth-order valence-electron chi connectivity index (χ4n) is 3.50. The van der Waals surface area contributed by atoms with Crippen LogP contribution in [0.15, 0.2) is 9.52 Å². The number of aromatic nitrogens is 1. The number of nitrogens with one attached hydrogen (secondary N) is 2. The van der Waals surface area contributed by atoms with Crippen molar-refractivity contribution in [3.05, 3.63) is 17.0 Å². The Hall–Kier alpha value is -0.790.